The zero-order valence-corrected chi connectivity index (χ0v) is 11.7. The standard InChI is InChI=1S/C13H23F3N2O/c1-12(2)9-17(10-13(14,15)16)4-5-18(12)7-11-3-6-19-8-11/h11H,3-10H2,1-2H3. The molecule has 0 N–H and O–H groups in total. The van der Waals surface area contributed by atoms with Crippen LogP contribution in [0.15, 0.2) is 0 Å². The number of alkyl halides is 3. The molecule has 6 heteroatoms. The van der Waals surface area contributed by atoms with E-state index in [-0.39, 0.29) is 5.54 Å². The van der Waals surface area contributed by atoms with Gasteiger partial charge in [0.25, 0.3) is 0 Å². The van der Waals surface area contributed by atoms with Crippen molar-refractivity contribution in [3.05, 3.63) is 0 Å². The molecule has 2 heterocycles. The molecule has 2 fully saturated rings. The molecule has 1 unspecified atom stereocenters. The molecule has 1 atom stereocenters. The van der Waals surface area contributed by atoms with Crippen LogP contribution in [-0.4, -0.2) is 67.5 Å². The summed E-state index contributed by atoms with van der Waals surface area (Å²) >= 11 is 0. The summed E-state index contributed by atoms with van der Waals surface area (Å²) in [5.74, 6) is 0.536. The van der Waals surface area contributed by atoms with Crippen molar-refractivity contribution in [3.8, 4) is 0 Å². The maximum absolute atomic E-state index is 12.4. The SMILES string of the molecule is CC1(C)CN(CC(F)(F)F)CCN1CC1CCOC1. The predicted octanol–water partition coefficient (Wildman–Crippen LogP) is 1.98. The Bertz CT molecular complexity index is 301. The van der Waals surface area contributed by atoms with Crippen molar-refractivity contribution in [1.82, 2.24) is 9.80 Å². The van der Waals surface area contributed by atoms with Gasteiger partial charge in [-0.2, -0.15) is 13.2 Å². The molecule has 112 valence electrons. The molecule has 0 amide bonds. The van der Waals surface area contributed by atoms with E-state index in [0.717, 1.165) is 26.2 Å². The molecular formula is C13H23F3N2O. The Labute approximate surface area is 112 Å². The monoisotopic (exact) mass is 280 g/mol. The quantitative estimate of drug-likeness (QED) is 0.786. The van der Waals surface area contributed by atoms with Crippen molar-refractivity contribution in [3.63, 3.8) is 0 Å². The lowest BCUT2D eigenvalue weighted by molar-refractivity contribution is -0.155. The summed E-state index contributed by atoms with van der Waals surface area (Å²) in [5.41, 5.74) is -0.202. The van der Waals surface area contributed by atoms with E-state index in [1.165, 1.54) is 4.90 Å². The third-order valence-corrected chi connectivity index (χ3v) is 4.06. The first-order chi connectivity index (χ1) is 8.76. The van der Waals surface area contributed by atoms with E-state index in [1.54, 1.807) is 0 Å². The molecule has 2 rings (SSSR count). The zero-order chi connectivity index (χ0) is 14.1. The van der Waals surface area contributed by atoms with Gasteiger partial charge in [-0.3, -0.25) is 9.80 Å². The number of halogens is 3. The number of hydrogen-bond donors (Lipinski definition) is 0. The molecule has 2 aliphatic rings. The normalized spacial score (nSPS) is 29.8. The number of hydrogen-bond acceptors (Lipinski definition) is 3. The molecule has 0 aromatic rings. The van der Waals surface area contributed by atoms with Crippen molar-refractivity contribution in [2.24, 2.45) is 5.92 Å². The summed E-state index contributed by atoms with van der Waals surface area (Å²) in [6.07, 6.45) is -3.03. The average molecular weight is 280 g/mol. The molecule has 3 nitrogen and oxygen atoms in total. The van der Waals surface area contributed by atoms with Crippen LogP contribution >= 0.6 is 0 Å². The summed E-state index contributed by atoms with van der Waals surface area (Å²) in [5, 5.41) is 0. The number of rotatable bonds is 3. The summed E-state index contributed by atoms with van der Waals surface area (Å²) < 4.78 is 42.7. The van der Waals surface area contributed by atoms with Crippen LogP contribution in [0.2, 0.25) is 0 Å². The number of piperazine rings is 1. The van der Waals surface area contributed by atoms with Crippen LogP contribution in [0, 0.1) is 5.92 Å². The second-order valence-electron chi connectivity index (χ2n) is 6.31. The second-order valence-corrected chi connectivity index (χ2v) is 6.31. The van der Waals surface area contributed by atoms with Crippen LogP contribution in [0.3, 0.4) is 0 Å². The molecule has 2 aliphatic heterocycles. The Morgan fingerprint density at radius 2 is 2.00 bits per heavy atom. The van der Waals surface area contributed by atoms with E-state index in [0.29, 0.717) is 25.6 Å². The van der Waals surface area contributed by atoms with Crippen LogP contribution in [0.4, 0.5) is 13.2 Å². The highest BCUT2D eigenvalue weighted by Gasteiger charge is 2.39. The molecular weight excluding hydrogens is 257 g/mol. The van der Waals surface area contributed by atoms with E-state index < -0.39 is 12.7 Å². The van der Waals surface area contributed by atoms with Crippen LogP contribution in [0.1, 0.15) is 20.3 Å². The molecule has 19 heavy (non-hydrogen) atoms. The third kappa shape index (κ3) is 4.33. The van der Waals surface area contributed by atoms with Crippen LogP contribution in [0.25, 0.3) is 0 Å². The smallest absolute Gasteiger partial charge is 0.381 e. The fourth-order valence-electron chi connectivity index (χ4n) is 3.06. The van der Waals surface area contributed by atoms with E-state index >= 15 is 0 Å². The third-order valence-electron chi connectivity index (χ3n) is 4.06. The van der Waals surface area contributed by atoms with E-state index in [4.69, 9.17) is 4.74 Å². The average Bonchev–Trinajstić information content (AvgIpc) is 2.71. The Morgan fingerprint density at radius 3 is 2.53 bits per heavy atom. The molecule has 0 bridgehead atoms. The molecule has 0 saturated carbocycles. The van der Waals surface area contributed by atoms with E-state index in [2.05, 4.69) is 4.90 Å². The Hall–Kier alpha value is -0.330. The van der Waals surface area contributed by atoms with Gasteiger partial charge in [0.1, 0.15) is 0 Å². The predicted molar refractivity (Wildman–Crippen MR) is 67.1 cm³/mol. The Kier molecular flexibility index (Phi) is 4.42. The van der Waals surface area contributed by atoms with Crippen LogP contribution in [0.5, 0.6) is 0 Å². The first-order valence-corrected chi connectivity index (χ1v) is 6.88. The molecule has 0 aliphatic carbocycles. The minimum absolute atomic E-state index is 0.202. The fourth-order valence-corrected chi connectivity index (χ4v) is 3.06. The maximum Gasteiger partial charge on any atom is 0.401 e. The van der Waals surface area contributed by atoms with Gasteiger partial charge in [-0.05, 0) is 26.2 Å². The second kappa shape index (κ2) is 5.58. The number of nitrogens with zero attached hydrogens (tertiary/aromatic N) is 2. The minimum Gasteiger partial charge on any atom is -0.381 e. The lowest BCUT2D eigenvalue weighted by atomic mass is 9.96. The maximum atomic E-state index is 12.4. The van der Waals surface area contributed by atoms with Gasteiger partial charge in [0.15, 0.2) is 0 Å². The molecule has 0 aromatic carbocycles. The minimum atomic E-state index is -4.10. The summed E-state index contributed by atoms with van der Waals surface area (Å²) in [6, 6.07) is 0. The van der Waals surface area contributed by atoms with Gasteiger partial charge in [-0.25, -0.2) is 0 Å². The van der Waals surface area contributed by atoms with Crippen molar-refractivity contribution in [2.75, 3.05) is 45.9 Å². The van der Waals surface area contributed by atoms with Crippen molar-refractivity contribution in [1.29, 1.82) is 0 Å². The molecule has 0 aromatic heterocycles. The highest BCUT2D eigenvalue weighted by molar-refractivity contribution is 4.91. The van der Waals surface area contributed by atoms with E-state index in [9.17, 15) is 13.2 Å². The summed E-state index contributed by atoms with van der Waals surface area (Å²) in [6.45, 7) is 7.49. The van der Waals surface area contributed by atoms with Gasteiger partial charge in [-0.1, -0.05) is 0 Å². The van der Waals surface area contributed by atoms with Crippen molar-refractivity contribution >= 4 is 0 Å². The topological polar surface area (TPSA) is 15.7 Å². The fraction of sp³-hybridized carbons (Fsp3) is 1.00. The molecule has 0 spiro atoms. The van der Waals surface area contributed by atoms with Crippen molar-refractivity contribution in [2.45, 2.75) is 32.0 Å². The highest BCUT2D eigenvalue weighted by atomic mass is 19.4. The summed E-state index contributed by atoms with van der Waals surface area (Å²) in [4.78, 5) is 3.83. The molecule has 0 radical (unpaired) electrons. The van der Waals surface area contributed by atoms with Gasteiger partial charge in [0.05, 0.1) is 13.2 Å². The van der Waals surface area contributed by atoms with Crippen LogP contribution < -0.4 is 0 Å². The highest BCUT2D eigenvalue weighted by Crippen LogP contribution is 2.26. The first-order valence-electron chi connectivity index (χ1n) is 6.88. The van der Waals surface area contributed by atoms with Gasteiger partial charge in [0, 0.05) is 38.3 Å². The number of ether oxygens (including phenoxy) is 1. The molecule has 2 saturated heterocycles. The Morgan fingerprint density at radius 1 is 1.26 bits per heavy atom. The van der Waals surface area contributed by atoms with Gasteiger partial charge < -0.3 is 4.74 Å². The van der Waals surface area contributed by atoms with Gasteiger partial charge in [-0.15, -0.1) is 0 Å². The zero-order valence-electron chi connectivity index (χ0n) is 11.7. The lowest BCUT2D eigenvalue weighted by Crippen LogP contribution is -2.61. The largest absolute Gasteiger partial charge is 0.401 e. The van der Waals surface area contributed by atoms with Gasteiger partial charge in [0.2, 0.25) is 0 Å². The van der Waals surface area contributed by atoms with E-state index in [1.807, 2.05) is 13.8 Å². The lowest BCUT2D eigenvalue weighted by Gasteiger charge is -2.48. The van der Waals surface area contributed by atoms with Crippen LogP contribution in [-0.2, 0) is 4.74 Å². The Balaban J connectivity index is 1.88. The van der Waals surface area contributed by atoms with Gasteiger partial charge >= 0.3 is 6.18 Å². The summed E-state index contributed by atoms with van der Waals surface area (Å²) in [7, 11) is 0. The first kappa shape index (κ1) is 15.1. The van der Waals surface area contributed by atoms with Crippen molar-refractivity contribution < 1.29 is 17.9 Å².